The lowest BCUT2D eigenvalue weighted by Gasteiger charge is -2.07. The van der Waals surface area contributed by atoms with Gasteiger partial charge in [-0.2, -0.15) is 0 Å². The zero-order chi connectivity index (χ0) is 16.8. The number of nitrogens with one attached hydrogen (secondary N) is 1. The van der Waals surface area contributed by atoms with Crippen LogP contribution in [0.5, 0.6) is 5.75 Å². The molecule has 0 fully saturated rings. The van der Waals surface area contributed by atoms with Crippen molar-refractivity contribution in [2.75, 3.05) is 20.2 Å². The zero-order valence-corrected chi connectivity index (χ0v) is 14.7. The van der Waals surface area contributed by atoms with E-state index in [-0.39, 0.29) is 5.82 Å². The summed E-state index contributed by atoms with van der Waals surface area (Å²) in [6.45, 7) is 1.82. The third-order valence-electron chi connectivity index (χ3n) is 4.04. The van der Waals surface area contributed by atoms with E-state index in [9.17, 15) is 4.39 Å². The Morgan fingerprint density at radius 3 is 2.67 bits per heavy atom. The van der Waals surface area contributed by atoms with Gasteiger partial charge in [0.05, 0.1) is 6.61 Å². The predicted octanol–water partition coefficient (Wildman–Crippen LogP) is 5.48. The van der Waals surface area contributed by atoms with E-state index < -0.39 is 0 Å². The molecular weight excluding hydrogens is 321 g/mol. The number of benzene rings is 2. The molecule has 1 aromatic heterocycles. The minimum atomic E-state index is -0.205. The first-order valence-corrected chi connectivity index (χ1v) is 9.20. The molecule has 4 heteroatoms. The molecule has 126 valence electrons. The first-order valence-electron chi connectivity index (χ1n) is 8.32. The summed E-state index contributed by atoms with van der Waals surface area (Å²) in [4.78, 5) is 0. The van der Waals surface area contributed by atoms with Crippen molar-refractivity contribution >= 4 is 21.4 Å². The molecule has 0 saturated carbocycles. The maximum atomic E-state index is 13.1. The van der Waals surface area contributed by atoms with Crippen LogP contribution in [0, 0.1) is 5.82 Å². The summed E-state index contributed by atoms with van der Waals surface area (Å²) >= 11 is 1.70. The van der Waals surface area contributed by atoms with Gasteiger partial charge in [-0.25, -0.2) is 4.39 Å². The van der Waals surface area contributed by atoms with Crippen LogP contribution < -0.4 is 10.1 Å². The number of hydrogen-bond donors (Lipinski definition) is 1. The van der Waals surface area contributed by atoms with E-state index in [1.165, 1.54) is 35.1 Å². The average Bonchev–Trinajstić information content (AvgIpc) is 3.02. The van der Waals surface area contributed by atoms with Crippen molar-refractivity contribution in [2.45, 2.75) is 19.3 Å². The van der Waals surface area contributed by atoms with Gasteiger partial charge in [-0.3, -0.25) is 0 Å². The highest BCUT2D eigenvalue weighted by Gasteiger charge is 2.08. The van der Waals surface area contributed by atoms with E-state index in [0.29, 0.717) is 0 Å². The largest absolute Gasteiger partial charge is 0.494 e. The van der Waals surface area contributed by atoms with Crippen LogP contribution >= 0.6 is 11.3 Å². The van der Waals surface area contributed by atoms with E-state index in [1.54, 1.807) is 11.3 Å². The van der Waals surface area contributed by atoms with Crippen molar-refractivity contribution in [3.63, 3.8) is 0 Å². The number of unbranched alkanes of at least 4 members (excludes halogenated alkanes) is 2. The molecule has 2 nitrogen and oxygen atoms in total. The Morgan fingerprint density at radius 1 is 1.04 bits per heavy atom. The molecule has 3 aromatic rings. The van der Waals surface area contributed by atoms with Crippen LogP contribution in [0.2, 0.25) is 0 Å². The summed E-state index contributed by atoms with van der Waals surface area (Å²) in [6, 6.07) is 12.9. The molecule has 0 atom stereocenters. The van der Waals surface area contributed by atoms with Crippen LogP contribution in [0.25, 0.3) is 21.2 Å². The van der Waals surface area contributed by atoms with Gasteiger partial charge in [0.15, 0.2) is 0 Å². The summed E-state index contributed by atoms with van der Waals surface area (Å²) in [5.74, 6) is 0.715. The van der Waals surface area contributed by atoms with Crippen molar-refractivity contribution in [1.29, 1.82) is 0 Å². The van der Waals surface area contributed by atoms with Crippen molar-refractivity contribution < 1.29 is 9.13 Å². The fourth-order valence-corrected chi connectivity index (χ4v) is 3.72. The predicted molar refractivity (Wildman–Crippen MR) is 100 cm³/mol. The van der Waals surface area contributed by atoms with Crippen LogP contribution in [0.3, 0.4) is 0 Å². The molecule has 1 heterocycles. The van der Waals surface area contributed by atoms with Crippen LogP contribution in [0.4, 0.5) is 4.39 Å². The second kappa shape index (κ2) is 8.27. The third-order valence-corrected chi connectivity index (χ3v) is 4.99. The van der Waals surface area contributed by atoms with Gasteiger partial charge in [-0.05, 0) is 74.1 Å². The van der Waals surface area contributed by atoms with E-state index in [4.69, 9.17) is 4.74 Å². The number of ether oxygens (including phenoxy) is 1. The van der Waals surface area contributed by atoms with E-state index in [1.807, 2.05) is 25.2 Å². The molecule has 0 aliphatic carbocycles. The Hall–Kier alpha value is -1.91. The molecule has 0 spiro atoms. The van der Waals surface area contributed by atoms with Crippen LogP contribution in [-0.4, -0.2) is 20.2 Å². The van der Waals surface area contributed by atoms with Gasteiger partial charge in [0.25, 0.3) is 0 Å². The lowest BCUT2D eigenvalue weighted by atomic mass is 10.0. The topological polar surface area (TPSA) is 21.3 Å². The molecule has 24 heavy (non-hydrogen) atoms. The number of thiophene rings is 1. The van der Waals surface area contributed by atoms with E-state index >= 15 is 0 Å². The summed E-state index contributed by atoms with van der Waals surface area (Å²) in [7, 11) is 1.98. The number of hydrogen-bond acceptors (Lipinski definition) is 3. The molecule has 0 saturated heterocycles. The number of halogens is 1. The lowest BCUT2D eigenvalue weighted by molar-refractivity contribution is 0.305. The summed E-state index contributed by atoms with van der Waals surface area (Å²) in [5.41, 5.74) is 2.19. The molecule has 3 rings (SSSR count). The van der Waals surface area contributed by atoms with Crippen LogP contribution in [0.1, 0.15) is 19.3 Å². The van der Waals surface area contributed by atoms with Gasteiger partial charge < -0.3 is 10.1 Å². The number of rotatable bonds is 8. The fraction of sp³-hybridized carbons (Fsp3) is 0.300. The van der Waals surface area contributed by atoms with Gasteiger partial charge in [0.1, 0.15) is 11.6 Å². The molecule has 0 radical (unpaired) electrons. The lowest BCUT2D eigenvalue weighted by Crippen LogP contribution is -2.07. The molecule has 2 aromatic carbocycles. The second-order valence-corrected chi connectivity index (χ2v) is 6.74. The zero-order valence-electron chi connectivity index (χ0n) is 13.8. The smallest absolute Gasteiger partial charge is 0.123 e. The number of fused-ring (bicyclic) bond motifs is 1. The Kier molecular flexibility index (Phi) is 5.83. The van der Waals surface area contributed by atoms with Crippen molar-refractivity contribution in [2.24, 2.45) is 0 Å². The highest BCUT2D eigenvalue weighted by molar-refractivity contribution is 7.17. The quantitative estimate of drug-likeness (QED) is 0.547. The monoisotopic (exact) mass is 343 g/mol. The van der Waals surface area contributed by atoms with Gasteiger partial charge in [0.2, 0.25) is 0 Å². The van der Waals surface area contributed by atoms with Gasteiger partial charge >= 0.3 is 0 Å². The average molecular weight is 343 g/mol. The first-order chi connectivity index (χ1) is 11.8. The van der Waals surface area contributed by atoms with Crippen LogP contribution in [-0.2, 0) is 0 Å². The minimum absolute atomic E-state index is 0.205. The minimum Gasteiger partial charge on any atom is -0.494 e. The normalized spacial score (nSPS) is 11.1. The highest BCUT2D eigenvalue weighted by atomic mass is 32.1. The van der Waals surface area contributed by atoms with Gasteiger partial charge in [-0.1, -0.05) is 12.1 Å². The standard InChI is InChI=1S/C20H22FNOS/c1-22-11-3-2-4-12-23-17-9-10-18-19(14-24-20(18)13-17)15-5-7-16(21)8-6-15/h5-10,13-14,22H,2-4,11-12H2,1H3. The maximum Gasteiger partial charge on any atom is 0.123 e. The summed E-state index contributed by atoms with van der Waals surface area (Å²) in [5, 5.41) is 6.47. The fourth-order valence-electron chi connectivity index (χ4n) is 2.72. The van der Waals surface area contributed by atoms with Crippen molar-refractivity contribution in [3.05, 3.63) is 53.7 Å². The Labute approximate surface area is 146 Å². The van der Waals surface area contributed by atoms with E-state index in [0.717, 1.165) is 36.4 Å². The summed E-state index contributed by atoms with van der Waals surface area (Å²) < 4.78 is 20.2. The van der Waals surface area contributed by atoms with Gasteiger partial charge in [-0.15, -0.1) is 11.3 Å². The van der Waals surface area contributed by atoms with Gasteiger partial charge in [0, 0.05) is 15.6 Å². The van der Waals surface area contributed by atoms with E-state index in [2.05, 4.69) is 22.8 Å². The molecular formula is C20H22FNOS. The Bertz CT molecular complexity index is 782. The highest BCUT2D eigenvalue weighted by Crippen LogP contribution is 2.36. The van der Waals surface area contributed by atoms with Crippen molar-refractivity contribution in [3.8, 4) is 16.9 Å². The SMILES string of the molecule is CNCCCCCOc1ccc2c(-c3ccc(F)cc3)csc2c1. The molecule has 0 amide bonds. The Morgan fingerprint density at radius 2 is 1.88 bits per heavy atom. The molecule has 0 aliphatic rings. The van der Waals surface area contributed by atoms with Crippen molar-refractivity contribution in [1.82, 2.24) is 5.32 Å². The third kappa shape index (κ3) is 4.13. The first kappa shape index (κ1) is 16.9. The second-order valence-electron chi connectivity index (χ2n) is 5.83. The Balaban J connectivity index is 1.66. The molecule has 0 unspecified atom stereocenters. The molecule has 1 N–H and O–H groups in total. The molecule has 0 aliphatic heterocycles. The maximum absolute atomic E-state index is 13.1. The molecule has 0 bridgehead atoms. The van der Waals surface area contributed by atoms with Crippen LogP contribution in [0.15, 0.2) is 47.8 Å². The summed E-state index contributed by atoms with van der Waals surface area (Å²) in [6.07, 6.45) is 3.44.